The van der Waals surface area contributed by atoms with Crippen molar-refractivity contribution in [1.29, 1.82) is 0 Å². The monoisotopic (exact) mass is 173 g/mol. The first-order valence-electron chi connectivity index (χ1n) is 4.54. The lowest BCUT2D eigenvalue weighted by Crippen LogP contribution is -2.56. The van der Waals surface area contributed by atoms with Crippen LogP contribution >= 0.6 is 0 Å². The number of β-amino-alcohol motifs (C(OH)–C–C–N with tert-alkyl or cyclic N) is 1. The molecule has 1 heterocycles. The summed E-state index contributed by atoms with van der Waals surface area (Å²) in [5.74, 6) is 0. The normalized spacial score (nSPS) is 30.5. The average molecular weight is 173 g/mol. The highest BCUT2D eigenvalue weighted by molar-refractivity contribution is 4.86. The number of aliphatic hydroxyl groups excluding tert-OH is 1. The van der Waals surface area contributed by atoms with E-state index in [9.17, 15) is 0 Å². The largest absolute Gasteiger partial charge is 0.395 e. The summed E-state index contributed by atoms with van der Waals surface area (Å²) in [6.45, 7) is 9.03. The minimum atomic E-state index is 0.0786. The lowest BCUT2D eigenvalue weighted by Gasteiger charge is -2.44. The second-order valence-electron chi connectivity index (χ2n) is 4.10. The van der Waals surface area contributed by atoms with Crippen molar-refractivity contribution in [2.45, 2.75) is 32.4 Å². The smallest absolute Gasteiger partial charge is 0.0675 e. The molecule has 1 unspecified atom stereocenters. The zero-order valence-corrected chi connectivity index (χ0v) is 8.21. The molecule has 1 saturated heterocycles. The van der Waals surface area contributed by atoms with Gasteiger partial charge in [-0.3, -0.25) is 4.90 Å². The standard InChI is InChI=1S/C9H19NO2/c1-8-6-10(4-5-11)9(2,3)7-12-8/h8,11H,4-7H2,1-3H3. The van der Waals surface area contributed by atoms with Crippen LogP contribution in [0.1, 0.15) is 20.8 Å². The number of rotatable bonds is 2. The number of nitrogens with zero attached hydrogens (tertiary/aromatic N) is 1. The third-order valence-electron chi connectivity index (χ3n) is 2.42. The van der Waals surface area contributed by atoms with Gasteiger partial charge in [-0.15, -0.1) is 0 Å². The highest BCUT2D eigenvalue weighted by Gasteiger charge is 2.32. The summed E-state index contributed by atoms with van der Waals surface area (Å²) in [5, 5.41) is 8.85. The van der Waals surface area contributed by atoms with E-state index in [1.165, 1.54) is 0 Å². The van der Waals surface area contributed by atoms with Gasteiger partial charge in [-0.05, 0) is 20.8 Å². The highest BCUT2D eigenvalue weighted by Crippen LogP contribution is 2.20. The van der Waals surface area contributed by atoms with Crippen LogP contribution in [0, 0.1) is 0 Å². The Morgan fingerprint density at radius 1 is 1.58 bits per heavy atom. The Balaban J connectivity index is 2.52. The van der Waals surface area contributed by atoms with Crippen molar-refractivity contribution >= 4 is 0 Å². The molecule has 0 spiro atoms. The molecule has 1 atom stereocenters. The van der Waals surface area contributed by atoms with Gasteiger partial charge in [0.1, 0.15) is 0 Å². The fourth-order valence-corrected chi connectivity index (χ4v) is 1.56. The fourth-order valence-electron chi connectivity index (χ4n) is 1.56. The Bertz CT molecular complexity index is 147. The molecule has 0 amide bonds. The molecule has 72 valence electrons. The summed E-state index contributed by atoms with van der Waals surface area (Å²) in [6.07, 6.45) is 0.296. The van der Waals surface area contributed by atoms with Crippen molar-refractivity contribution in [3.05, 3.63) is 0 Å². The van der Waals surface area contributed by atoms with Crippen LogP contribution in [0.15, 0.2) is 0 Å². The van der Waals surface area contributed by atoms with Gasteiger partial charge in [0.05, 0.1) is 19.3 Å². The molecule has 0 saturated carbocycles. The van der Waals surface area contributed by atoms with Gasteiger partial charge in [0.15, 0.2) is 0 Å². The van der Waals surface area contributed by atoms with Crippen molar-refractivity contribution < 1.29 is 9.84 Å². The van der Waals surface area contributed by atoms with Gasteiger partial charge in [0, 0.05) is 18.6 Å². The molecule has 0 aromatic heterocycles. The van der Waals surface area contributed by atoms with Gasteiger partial charge in [0.25, 0.3) is 0 Å². The molecule has 0 radical (unpaired) electrons. The van der Waals surface area contributed by atoms with E-state index in [-0.39, 0.29) is 12.1 Å². The summed E-state index contributed by atoms with van der Waals surface area (Å²) < 4.78 is 5.55. The molecule has 3 heteroatoms. The van der Waals surface area contributed by atoms with Gasteiger partial charge in [-0.1, -0.05) is 0 Å². The minimum absolute atomic E-state index is 0.0786. The van der Waals surface area contributed by atoms with Crippen LogP contribution in [0.4, 0.5) is 0 Å². The van der Waals surface area contributed by atoms with Crippen LogP contribution in [-0.2, 0) is 4.74 Å². The van der Waals surface area contributed by atoms with E-state index in [0.717, 1.165) is 19.7 Å². The summed E-state index contributed by atoms with van der Waals surface area (Å²) in [4.78, 5) is 2.28. The van der Waals surface area contributed by atoms with Gasteiger partial charge < -0.3 is 9.84 Å². The van der Waals surface area contributed by atoms with Crippen LogP contribution < -0.4 is 0 Å². The first-order chi connectivity index (χ1) is 5.56. The van der Waals surface area contributed by atoms with Gasteiger partial charge in [-0.2, -0.15) is 0 Å². The maximum Gasteiger partial charge on any atom is 0.0675 e. The molecule has 1 N–H and O–H groups in total. The minimum Gasteiger partial charge on any atom is -0.395 e. The van der Waals surface area contributed by atoms with E-state index < -0.39 is 0 Å². The summed E-state index contributed by atoms with van der Waals surface area (Å²) >= 11 is 0. The Kier molecular flexibility index (Phi) is 3.09. The van der Waals surface area contributed by atoms with Crippen molar-refractivity contribution in [3.63, 3.8) is 0 Å². The molecule has 0 aliphatic carbocycles. The first kappa shape index (κ1) is 9.96. The number of hydrogen-bond acceptors (Lipinski definition) is 3. The van der Waals surface area contributed by atoms with Crippen LogP contribution in [0.3, 0.4) is 0 Å². The van der Waals surface area contributed by atoms with Gasteiger partial charge in [-0.25, -0.2) is 0 Å². The van der Waals surface area contributed by atoms with E-state index >= 15 is 0 Å². The number of morpholine rings is 1. The van der Waals surface area contributed by atoms with Crippen LogP contribution in [0.25, 0.3) is 0 Å². The summed E-state index contributed by atoms with van der Waals surface area (Å²) in [5.41, 5.74) is 0.0786. The molecule has 1 fully saturated rings. The number of ether oxygens (including phenoxy) is 1. The molecular weight excluding hydrogens is 154 g/mol. The second-order valence-corrected chi connectivity index (χ2v) is 4.10. The predicted molar refractivity (Wildman–Crippen MR) is 48.2 cm³/mol. The Morgan fingerprint density at radius 3 is 2.83 bits per heavy atom. The number of aliphatic hydroxyl groups is 1. The molecule has 0 bridgehead atoms. The SMILES string of the molecule is CC1CN(CCO)C(C)(C)CO1. The van der Waals surface area contributed by atoms with Crippen LogP contribution in [0.2, 0.25) is 0 Å². The first-order valence-corrected chi connectivity index (χ1v) is 4.54. The van der Waals surface area contributed by atoms with Gasteiger partial charge >= 0.3 is 0 Å². The zero-order valence-electron chi connectivity index (χ0n) is 8.21. The molecular formula is C9H19NO2. The Labute approximate surface area is 74.3 Å². The molecule has 1 aliphatic rings. The Hall–Kier alpha value is -0.120. The topological polar surface area (TPSA) is 32.7 Å². The maximum absolute atomic E-state index is 8.85. The van der Waals surface area contributed by atoms with Crippen molar-refractivity contribution in [2.24, 2.45) is 0 Å². The van der Waals surface area contributed by atoms with E-state index in [0.29, 0.717) is 6.10 Å². The molecule has 1 aliphatic heterocycles. The van der Waals surface area contributed by atoms with Crippen LogP contribution in [-0.4, -0.2) is 48.0 Å². The quantitative estimate of drug-likeness (QED) is 0.659. The van der Waals surface area contributed by atoms with Crippen molar-refractivity contribution in [1.82, 2.24) is 4.90 Å². The molecule has 12 heavy (non-hydrogen) atoms. The van der Waals surface area contributed by atoms with Crippen LogP contribution in [0.5, 0.6) is 0 Å². The average Bonchev–Trinajstić information content (AvgIpc) is 1.98. The lowest BCUT2D eigenvalue weighted by atomic mass is 10.0. The maximum atomic E-state index is 8.85. The highest BCUT2D eigenvalue weighted by atomic mass is 16.5. The zero-order chi connectivity index (χ0) is 9.19. The molecule has 0 aromatic rings. The molecule has 1 rings (SSSR count). The summed E-state index contributed by atoms with van der Waals surface area (Å²) in [7, 11) is 0. The Morgan fingerprint density at radius 2 is 2.25 bits per heavy atom. The van der Waals surface area contributed by atoms with E-state index in [1.807, 2.05) is 0 Å². The number of hydrogen-bond donors (Lipinski definition) is 1. The third kappa shape index (κ3) is 2.19. The van der Waals surface area contributed by atoms with E-state index in [1.54, 1.807) is 0 Å². The lowest BCUT2D eigenvalue weighted by molar-refractivity contribution is -0.0945. The van der Waals surface area contributed by atoms with Gasteiger partial charge in [0.2, 0.25) is 0 Å². The van der Waals surface area contributed by atoms with E-state index in [4.69, 9.17) is 9.84 Å². The van der Waals surface area contributed by atoms with E-state index in [2.05, 4.69) is 25.7 Å². The predicted octanol–water partition coefficient (Wildman–Crippen LogP) is 0.478. The van der Waals surface area contributed by atoms with Crippen molar-refractivity contribution in [3.8, 4) is 0 Å². The fraction of sp³-hybridized carbons (Fsp3) is 1.00. The molecule has 3 nitrogen and oxygen atoms in total. The molecule has 0 aromatic carbocycles. The third-order valence-corrected chi connectivity index (χ3v) is 2.42. The van der Waals surface area contributed by atoms with Crippen molar-refractivity contribution in [2.75, 3.05) is 26.3 Å². The second kappa shape index (κ2) is 3.73. The summed E-state index contributed by atoms with van der Waals surface area (Å²) in [6, 6.07) is 0.